The molecule has 1 aliphatic carbocycles. The minimum Gasteiger partial charge on any atom is -0.379 e. The van der Waals surface area contributed by atoms with E-state index in [4.69, 9.17) is 15.2 Å². The van der Waals surface area contributed by atoms with Crippen LogP contribution in [0, 0.1) is 5.41 Å². The molecule has 0 aromatic heterocycles. The second-order valence-corrected chi connectivity index (χ2v) is 5.91. The summed E-state index contributed by atoms with van der Waals surface area (Å²) < 4.78 is 11.1. The third kappa shape index (κ3) is 2.36. The van der Waals surface area contributed by atoms with E-state index in [0.717, 1.165) is 45.9 Å². The molecule has 0 amide bonds. The fraction of sp³-hybridized carbons (Fsp3) is 1.00. The van der Waals surface area contributed by atoms with Crippen molar-refractivity contribution in [3.8, 4) is 0 Å². The normalized spacial score (nSPS) is 37.8. The van der Waals surface area contributed by atoms with Gasteiger partial charge in [-0.3, -0.25) is 4.90 Å². The molecule has 4 nitrogen and oxygen atoms in total. The van der Waals surface area contributed by atoms with E-state index in [1.54, 1.807) is 0 Å². The maximum Gasteiger partial charge on any atom is 0.0662 e. The van der Waals surface area contributed by atoms with Gasteiger partial charge in [-0.1, -0.05) is 13.8 Å². The molecule has 0 aromatic rings. The van der Waals surface area contributed by atoms with Crippen LogP contribution in [0.2, 0.25) is 0 Å². The third-order valence-electron chi connectivity index (χ3n) is 4.62. The largest absolute Gasteiger partial charge is 0.379 e. The monoisotopic (exact) mass is 242 g/mol. The summed E-state index contributed by atoms with van der Waals surface area (Å²) in [7, 11) is 0. The first-order valence-corrected chi connectivity index (χ1v) is 6.70. The first kappa shape index (κ1) is 13.3. The number of hydrogen-bond donors (Lipinski definition) is 1. The van der Waals surface area contributed by atoms with Gasteiger partial charge in [0.1, 0.15) is 0 Å². The number of nitrogens with two attached hydrogens (primary N) is 1. The second kappa shape index (κ2) is 4.84. The fourth-order valence-electron chi connectivity index (χ4n) is 2.93. The average molecular weight is 242 g/mol. The molecule has 2 unspecified atom stereocenters. The van der Waals surface area contributed by atoms with Gasteiger partial charge in [0.25, 0.3) is 0 Å². The van der Waals surface area contributed by atoms with Crippen molar-refractivity contribution < 1.29 is 9.47 Å². The molecular weight excluding hydrogens is 216 g/mol. The maximum absolute atomic E-state index is 6.57. The quantitative estimate of drug-likeness (QED) is 0.794. The standard InChI is InChI=1S/C13H26N2O2/c1-4-17-11-9-13(14,12(11,2)3)10-15-5-7-16-8-6-15/h11H,4-10,14H2,1-3H3. The van der Waals surface area contributed by atoms with Crippen molar-refractivity contribution in [2.45, 2.75) is 38.8 Å². The number of nitrogens with zero attached hydrogens (tertiary/aromatic N) is 1. The molecule has 2 aliphatic rings. The van der Waals surface area contributed by atoms with E-state index >= 15 is 0 Å². The van der Waals surface area contributed by atoms with Crippen LogP contribution in [0.25, 0.3) is 0 Å². The number of hydrogen-bond acceptors (Lipinski definition) is 4. The molecule has 1 saturated heterocycles. The molecule has 1 heterocycles. The Hall–Kier alpha value is -0.160. The van der Waals surface area contributed by atoms with Crippen molar-refractivity contribution in [3.05, 3.63) is 0 Å². The molecule has 4 heteroatoms. The van der Waals surface area contributed by atoms with Gasteiger partial charge in [0.05, 0.1) is 19.3 Å². The van der Waals surface area contributed by atoms with E-state index in [-0.39, 0.29) is 11.0 Å². The third-order valence-corrected chi connectivity index (χ3v) is 4.62. The minimum absolute atomic E-state index is 0.0707. The summed E-state index contributed by atoms with van der Waals surface area (Å²) in [5.74, 6) is 0. The summed E-state index contributed by atoms with van der Waals surface area (Å²) in [6, 6.07) is 0. The molecule has 1 aliphatic heterocycles. The lowest BCUT2D eigenvalue weighted by molar-refractivity contribution is -0.159. The number of morpholine rings is 1. The molecule has 100 valence electrons. The fourth-order valence-corrected chi connectivity index (χ4v) is 2.93. The Kier molecular flexibility index (Phi) is 3.78. The van der Waals surface area contributed by atoms with Gasteiger partial charge < -0.3 is 15.2 Å². The zero-order chi connectivity index (χ0) is 12.5. The van der Waals surface area contributed by atoms with E-state index in [9.17, 15) is 0 Å². The highest BCUT2D eigenvalue weighted by Crippen LogP contribution is 2.50. The van der Waals surface area contributed by atoms with Crippen LogP contribution < -0.4 is 5.73 Å². The van der Waals surface area contributed by atoms with Crippen LogP contribution in [0.15, 0.2) is 0 Å². The molecule has 1 saturated carbocycles. The van der Waals surface area contributed by atoms with Crippen molar-refractivity contribution in [3.63, 3.8) is 0 Å². The van der Waals surface area contributed by atoms with Crippen LogP contribution in [0.5, 0.6) is 0 Å². The molecule has 0 bridgehead atoms. The Morgan fingerprint density at radius 2 is 2.00 bits per heavy atom. The highest BCUT2D eigenvalue weighted by molar-refractivity contribution is 5.14. The van der Waals surface area contributed by atoms with E-state index in [0.29, 0.717) is 6.10 Å². The van der Waals surface area contributed by atoms with Crippen LogP contribution in [-0.2, 0) is 9.47 Å². The summed E-state index contributed by atoms with van der Waals surface area (Å²) in [5, 5.41) is 0. The van der Waals surface area contributed by atoms with E-state index in [1.165, 1.54) is 0 Å². The van der Waals surface area contributed by atoms with Crippen molar-refractivity contribution in [2.24, 2.45) is 11.1 Å². The van der Waals surface area contributed by atoms with Gasteiger partial charge in [-0.25, -0.2) is 0 Å². The topological polar surface area (TPSA) is 47.7 Å². The maximum atomic E-state index is 6.57. The predicted octanol–water partition coefficient (Wildman–Crippen LogP) is 0.851. The molecular formula is C13H26N2O2. The van der Waals surface area contributed by atoms with E-state index < -0.39 is 0 Å². The second-order valence-electron chi connectivity index (χ2n) is 5.91. The van der Waals surface area contributed by atoms with Crippen molar-refractivity contribution in [1.29, 1.82) is 0 Å². The van der Waals surface area contributed by atoms with Gasteiger partial charge in [0.15, 0.2) is 0 Å². The molecule has 2 N–H and O–H groups in total. The van der Waals surface area contributed by atoms with Gasteiger partial charge in [-0.05, 0) is 13.3 Å². The lowest BCUT2D eigenvalue weighted by atomic mass is 9.54. The Morgan fingerprint density at radius 1 is 1.35 bits per heavy atom. The molecule has 2 fully saturated rings. The lowest BCUT2D eigenvalue weighted by Gasteiger charge is -2.60. The Morgan fingerprint density at radius 3 is 2.53 bits per heavy atom. The summed E-state index contributed by atoms with van der Waals surface area (Å²) in [4.78, 5) is 2.42. The molecule has 0 radical (unpaired) electrons. The van der Waals surface area contributed by atoms with Gasteiger partial charge >= 0.3 is 0 Å². The Balaban J connectivity index is 1.91. The van der Waals surface area contributed by atoms with Crippen LogP contribution in [-0.4, -0.2) is 56.0 Å². The van der Waals surface area contributed by atoms with Crippen molar-refractivity contribution in [1.82, 2.24) is 4.90 Å². The zero-order valence-corrected chi connectivity index (χ0v) is 11.4. The van der Waals surface area contributed by atoms with Gasteiger partial charge in [0, 0.05) is 37.2 Å². The average Bonchev–Trinajstić information content (AvgIpc) is 2.30. The van der Waals surface area contributed by atoms with Crippen molar-refractivity contribution in [2.75, 3.05) is 39.5 Å². The first-order chi connectivity index (χ1) is 7.99. The van der Waals surface area contributed by atoms with E-state index in [2.05, 4.69) is 25.7 Å². The summed E-state index contributed by atoms with van der Waals surface area (Å²) in [6.07, 6.45) is 1.30. The summed E-state index contributed by atoms with van der Waals surface area (Å²) in [6.45, 7) is 12.0. The highest BCUT2D eigenvalue weighted by Gasteiger charge is 2.58. The van der Waals surface area contributed by atoms with Gasteiger partial charge in [-0.2, -0.15) is 0 Å². The highest BCUT2D eigenvalue weighted by atomic mass is 16.5. The van der Waals surface area contributed by atoms with Crippen LogP contribution >= 0.6 is 0 Å². The molecule has 0 aromatic carbocycles. The molecule has 2 rings (SSSR count). The smallest absolute Gasteiger partial charge is 0.0662 e. The number of rotatable bonds is 4. The predicted molar refractivity (Wildman–Crippen MR) is 68.0 cm³/mol. The van der Waals surface area contributed by atoms with Gasteiger partial charge in [-0.15, -0.1) is 0 Å². The van der Waals surface area contributed by atoms with Gasteiger partial charge in [0.2, 0.25) is 0 Å². The molecule has 2 atom stereocenters. The minimum atomic E-state index is -0.107. The Bertz CT molecular complexity index is 264. The Labute approximate surface area is 104 Å². The van der Waals surface area contributed by atoms with Crippen LogP contribution in [0.4, 0.5) is 0 Å². The summed E-state index contributed by atoms with van der Waals surface area (Å²) >= 11 is 0. The zero-order valence-electron chi connectivity index (χ0n) is 11.4. The first-order valence-electron chi connectivity index (χ1n) is 6.70. The summed E-state index contributed by atoms with van der Waals surface area (Å²) in [5.41, 5.74) is 6.53. The van der Waals surface area contributed by atoms with Crippen LogP contribution in [0.1, 0.15) is 27.2 Å². The van der Waals surface area contributed by atoms with E-state index in [1.807, 2.05) is 0 Å². The molecule has 17 heavy (non-hydrogen) atoms. The number of ether oxygens (including phenoxy) is 2. The van der Waals surface area contributed by atoms with Crippen LogP contribution in [0.3, 0.4) is 0 Å². The molecule has 0 spiro atoms. The lowest BCUT2D eigenvalue weighted by Crippen LogP contribution is -2.74. The van der Waals surface area contributed by atoms with Crippen molar-refractivity contribution >= 4 is 0 Å². The SMILES string of the molecule is CCOC1CC(N)(CN2CCOCC2)C1(C)C.